The molecule has 0 atom stereocenters. The van der Waals surface area contributed by atoms with E-state index in [0.717, 1.165) is 5.56 Å². The number of carbonyl (C=O) groups excluding carboxylic acids is 1. The number of hydrogen-bond acceptors (Lipinski definition) is 4. The normalized spacial score (nSPS) is 11.1. The average Bonchev–Trinajstić information content (AvgIpc) is 2.38. The lowest BCUT2D eigenvalue weighted by Gasteiger charge is -2.22. The van der Waals surface area contributed by atoms with E-state index in [0.29, 0.717) is 19.0 Å². The van der Waals surface area contributed by atoms with Crippen molar-refractivity contribution in [2.75, 3.05) is 20.7 Å². The molecule has 2 N–H and O–H groups in total. The van der Waals surface area contributed by atoms with E-state index >= 15 is 0 Å². The third-order valence-corrected chi connectivity index (χ3v) is 2.74. The molecule has 1 rings (SSSR count). The molecule has 0 saturated carbocycles. The molecule has 1 amide bonds. The number of nitrogens with zero attached hydrogens (tertiary/aromatic N) is 1. The van der Waals surface area contributed by atoms with E-state index in [1.807, 2.05) is 26.0 Å². The van der Waals surface area contributed by atoms with Crippen LogP contribution in [0.3, 0.4) is 0 Å². The first kappa shape index (κ1) is 14.4. The molecule has 1 heterocycles. The summed E-state index contributed by atoms with van der Waals surface area (Å²) in [6.07, 6.45) is 1.76. The van der Waals surface area contributed by atoms with E-state index in [1.54, 1.807) is 20.4 Å². The largest absolute Gasteiger partial charge is 0.481 e. The molecule has 0 aliphatic rings. The molecule has 5 nitrogen and oxygen atoms in total. The zero-order chi connectivity index (χ0) is 13.6. The first-order chi connectivity index (χ1) is 8.49. The number of ether oxygens (including phenoxy) is 1. The molecule has 0 aliphatic carbocycles. The van der Waals surface area contributed by atoms with Crippen molar-refractivity contribution in [3.05, 3.63) is 23.9 Å². The summed E-state index contributed by atoms with van der Waals surface area (Å²) in [5, 5.41) is 5.91. The van der Waals surface area contributed by atoms with E-state index in [-0.39, 0.29) is 5.91 Å². The predicted molar refractivity (Wildman–Crippen MR) is 70.3 cm³/mol. The van der Waals surface area contributed by atoms with Crippen LogP contribution in [0.4, 0.5) is 0 Å². The molecule has 0 aromatic carbocycles. The summed E-state index contributed by atoms with van der Waals surface area (Å²) < 4.78 is 4.99. The number of pyridine rings is 1. The molecule has 0 radical (unpaired) electrons. The second-order valence-corrected chi connectivity index (χ2v) is 4.78. The Hall–Kier alpha value is -1.62. The van der Waals surface area contributed by atoms with E-state index in [1.165, 1.54) is 0 Å². The summed E-state index contributed by atoms with van der Waals surface area (Å²) in [5.41, 5.74) is 0.637. The van der Waals surface area contributed by atoms with Gasteiger partial charge in [0.15, 0.2) is 0 Å². The lowest BCUT2D eigenvalue weighted by molar-refractivity contribution is -0.128. The fraction of sp³-hybridized carbons (Fsp3) is 0.538. The van der Waals surface area contributed by atoms with Gasteiger partial charge in [-0.1, -0.05) is 6.07 Å². The Bertz CT molecular complexity index is 388. The minimum Gasteiger partial charge on any atom is -0.481 e. The average molecular weight is 251 g/mol. The maximum atomic E-state index is 11.6. The lowest BCUT2D eigenvalue weighted by atomic mass is 9.92. The van der Waals surface area contributed by atoms with Crippen LogP contribution in [-0.4, -0.2) is 31.6 Å². The number of rotatable bonds is 6. The van der Waals surface area contributed by atoms with Gasteiger partial charge in [-0.25, -0.2) is 4.98 Å². The van der Waals surface area contributed by atoms with Crippen LogP contribution in [0.15, 0.2) is 18.3 Å². The van der Waals surface area contributed by atoms with Gasteiger partial charge >= 0.3 is 0 Å². The van der Waals surface area contributed by atoms with Crippen molar-refractivity contribution in [2.45, 2.75) is 20.4 Å². The number of carbonyl (C=O) groups is 1. The van der Waals surface area contributed by atoms with Gasteiger partial charge in [-0.3, -0.25) is 4.79 Å². The third-order valence-electron chi connectivity index (χ3n) is 2.74. The Labute approximate surface area is 108 Å². The minimum atomic E-state index is -0.422. The molecular formula is C13H21N3O2. The van der Waals surface area contributed by atoms with Crippen molar-refractivity contribution in [1.29, 1.82) is 0 Å². The first-order valence-corrected chi connectivity index (χ1v) is 5.91. The number of amides is 1. The van der Waals surface area contributed by atoms with E-state index < -0.39 is 5.41 Å². The Kier molecular flexibility index (Phi) is 5.09. The van der Waals surface area contributed by atoms with Crippen LogP contribution in [0.25, 0.3) is 0 Å². The summed E-state index contributed by atoms with van der Waals surface area (Å²) in [7, 11) is 3.24. The Balaban J connectivity index is 2.43. The van der Waals surface area contributed by atoms with Crippen molar-refractivity contribution in [2.24, 2.45) is 5.41 Å². The fourth-order valence-corrected chi connectivity index (χ4v) is 1.57. The SMILES string of the molecule is CNC(=O)C(C)(C)CNCc1ccc(OC)nc1. The van der Waals surface area contributed by atoms with Crippen molar-refractivity contribution in [3.63, 3.8) is 0 Å². The maximum absolute atomic E-state index is 11.6. The predicted octanol–water partition coefficient (Wildman–Crippen LogP) is 0.952. The zero-order valence-corrected chi connectivity index (χ0v) is 11.4. The topological polar surface area (TPSA) is 63.2 Å². The van der Waals surface area contributed by atoms with Gasteiger partial charge in [-0.15, -0.1) is 0 Å². The number of nitrogens with one attached hydrogen (secondary N) is 2. The highest BCUT2D eigenvalue weighted by Gasteiger charge is 2.25. The molecule has 1 aromatic rings. The van der Waals surface area contributed by atoms with Gasteiger partial charge in [-0.2, -0.15) is 0 Å². The Morgan fingerprint density at radius 3 is 2.67 bits per heavy atom. The van der Waals surface area contributed by atoms with Gasteiger partial charge in [-0.05, 0) is 19.4 Å². The van der Waals surface area contributed by atoms with Gasteiger partial charge < -0.3 is 15.4 Å². The molecule has 5 heteroatoms. The van der Waals surface area contributed by atoms with Crippen LogP contribution in [-0.2, 0) is 11.3 Å². The highest BCUT2D eigenvalue weighted by atomic mass is 16.5. The van der Waals surface area contributed by atoms with Crippen molar-refractivity contribution < 1.29 is 9.53 Å². The van der Waals surface area contributed by atoms with Crippen LogP contribution in [0.5, 0.6) is 5.88 Å². The molecule has 0 unspecified atom stereocenters. The smallest absolute Gasteiger partial charge is 0.226 e. The van der Waals surface area contributed by atoms with Crippen LogP contribution < -0.4 is 15.4 Å². The second kappa shape index (κ2) is 6.35. The van der Waals surface area contributed by atoms with Crippen molar-refractivity contribution in [1.82, 2.24) is 15.6 Å². The van der Waals surface area contributed by atoms with Gasteiger partial charge in [0.25, 0.3) is 0 Å². The van der Waals surface area contributed by atoms with Gasteiger partial charge in [0.2, 0.25) is 11.8 Å². The molecule has 18 heavy (non-hydrogen) atoms. The number of hydrogen-bond donors (Lipinski definition) is 2. The standard InChI is InChI=1S/C13H21N3O2/c1-13(2,12(17)14-3)9-15-7-10-5-6-11(18-4)16-8-10/h5-6,8,15H,7,9H2,1-4H3,(H,14,17). The summed E-state index contributed by atoms with van der Waals surface area (Å²) in [5.74, 6) is 0.632. The van der Waals surface area contributed by atoms with Crippen LogP contribution >= 0.6 is 0 Å². The van der Waals surface area contributed by atoms with E-state index in [4.69, 9.17) is 4.74 Å². The number of methoxy groups -OCH3 is 1. The van der Waals surface area contributed by atoms with Crippen LogP contribution in [0.2, 0.25) is 0 Å². The molecule has 0 fully saturated rings. The molecule has 100 valence electrons. The first-order valence-electron chi connectivity index (χ1n) is 5.91. The Morgan fingerprint density at radius 2 is 2.17 bits per heavy atom. The monoisotopic (exact) mass is 251 g/mol. The third kappa shape index (κ3) is 4.00. The summed E-state index contributed by atoms with van der Waals surface area (Å²) in [4.78, 5) is 15.7. The van der Waals surface area contributed by atoms with Gasteiger partial charge in [0.1, 0.15) is 0 Å². The van der Waals surface area contributed by atoms with Gasteiger partial charge in [0, 0.05) is 32.4 Å². The quantitative estimate of drug-likeness (QED) is 0.790. The minimum absolute atomic E-state index is 0.0304. The maximum Gasteiger partial charge on any atom is 0.226 e. The van der Waals surface area contributed by atoms with E-state index in [9.17, 15) is 4.79 Å². The summed E-state index contributed by atoms with van der Waals surface area (Å²) in [6.45, 7) is 5.10. The number of aromatic nitrogens is 1. The molecule has 0 aliphatic heterocycles. The van der Waals surface area contributed by atoms with Gasteiger partial charge in [0.05, 0.1) is 12.5 Å². The van der Waals surface area contributed by atoms with Crippen LogP contribution in [0.1, 0.15) is 19.4 Å². The second-order valence-electron chi connectivity index (χ2n) is 4.78. The zero-order valence-electron chi connectivity index (χ0n) is 11.4. The summed E-state index contributed by atoms with van der Waals surface area (Å²) >= 11 is 0. The molecule has 0 bridgehead atoms. The van der Waals surface area contributed by atoms with E-state index in [2.05, 4.69) is 15.6 Å². The Morgan fingerprint density at radius 1 is 1.44 bits per heavy atom. The molecule has 1 aromatic heterocycles. The summed E-state index contributed by atoms with van der Waals surface area (Å²) in [6, 6.07) is 3.77. The van der Waals surface area contributed by atoms with Crippen molar-refractivity contribution >= 4 is 5.91 Å². The lowest BCUT2D eigenvalue weighted by Crippen LogP contribution is -2.41. The highest BCUT2D eigenvalue weighted by Crippen LogP contribution is 2.13. The highest BCUT2D eigenvalue weighted by molar-refractivity contribution is 5.81. The van der Waals surface area contributed by atoms with Crippen LogP contribution in [0, 0.1) is 5.41 Å². The molecule has 0 spiro atoms. The molecule has 0 saturated heterocycles. The molecular weight excluding hydrogens is 230 g/mol. The van der Waals surface area contributed by atoms with Crippen molar-refractivity contribution in [3.8, 4) is 5.88 Å². The fourth-order valence-electron chi connectivity index (χ4n) is 1.57.